The number of imide groups is 1. The number of nitrogens with one attached hydrogen (secondary N) is 2. The van der Waals surface area contributed by atoms with Gasteiger partial charge in [-0.25, -0.2) is 18.0 Å². The fraction of sp³-hybridized carbons (Fsp3) is 0.318. The number of para-hydroxylation sites is 1. The number of anilines is 1. The van der Waals surface area contributed by atoms with E-state index in [1.54, 1.807) is 26.0 Å². The fourth-order valence-corrected chi connectivity index (χ4v) is 5.21. The molecule has 2 aromatic carbocycles. The number of ether oxygens (including phenoxy) is 1. The van der Waals surface area contributed by atoms with Crippen LogP contribution in [0.2, 0.25) is 0 Å². The van der Waals surface area contributed by atoms with Crippen LogP contribution in [0.25, 0.3) is 0 Å². The maximum absolute atomic E-state index is 13.3. The molecule has 0 fully saturated rings. The summed E-state index contributed by atoms with van der Waals surface area (Å²) in [5, 5.41) is 4.51. The quantitative estimate of drug-likeness (QED) is 0.639. The molecule has 0 radical (unpaired) electrons. The van der Waals surface area contributed by atoms with Gasteiger partial charge in [0.2, 0.25) is 0 Å². The van der Waals surface area contributed by atoms with Crippen molar-refractivity contribution in [3.63, 3.8) is 0 Å². The Hall–Kier alpha value is -3.40. The van der Waals surface area contributed by atoms with Crippen molar-refractivity contribution in [2.24, 2.45) is 0 Å². The Morgan fingerprint density at radius 2 is 1.84 bits per heavy atom. The molecule has 0 saturated heterocycles. The monoisotopic (exact) mass is 459 g/mol. The Morgan fingerprint density at radius 1 is 1.12 bits per heavy atom. The first-order valence-electron chi connectivity index (χ1n) is 10.1. The number of carbonyl (C=O) groups is 3. The summed E-state index contributed by atoms with van der Waals surface area (Å²) in [7, 11) is -3.92. The van der Waals surface area contributed by atoms with Crippen molar-refractivity contribution < 1.29 is 27.5 Å². The standard InChI is InChI=1S/C22H25N3O6S/c1-14(2)23-22(28)24-20(26)13-31-21(27)17-8-6-9-18(12-17)32(29,30)25-15(3)11-16-7-4-5-10-19(16)25/h4-10,12,14-15H,11,13H2,1-3H3,(H2,23,24,26,28)/t15-/m0/s1. The number of sulfonamides is 1. The fourth-order valence-electron chi connectivity index (χ4n) is 3.48. The van der Waals surface area contributed by atoms with Crippen molar-refractivity contribution in [2.75, 3.05) is 10.9 Å². The molecule has 0 spiro atoms. The molecule has 0 unspecified atom stereocenters. The van der Waals surface area contributed by atoms with Gasteiger partial charge in [-0.1, -0.05) is 24.3 Å². The van der Waals surface area contributed by atoms with E-state index in [0.717, 1.165) is 5.56 Å². The molecule has 0 aliphatic carbocycles. The Bertz CT molecular complexity index is 1150. The predicted molar refractivity (Wildman–Crippen MR) is 118 cm³/mol. The third-order valence-electron chi connectivity index (χ3n) is 4.78. The van der Waals surface area contributed by atoms with E-state index in [2.05, 4.69) is 5.32 Å². The molecule has 0 aromatic heterocycles. The highest BCUT2D eigenvalue weighted by atomic mass is 32.2. The largest absolute Gasteiger partial charge is 0.452 e. The number of esters is 1. The predicted octanol–water partition coefficient (Wildman–Crippen LogP) is 2.22. The molecule has 170 valence electrons. The van der Waals surface area contributed by atoms with Gasteiger partial charge in [-0.15, -0.1) is 0 Å². The first kappa shape index (κ1) is 23.3. The van der Waals surface area contributed by atoms with Gasteiger partial charge < -0.3 is 10.1 Å². The molecule has 9 nitrogen and oxygen atoms in total. The molecule has 3 amide bonds. The maximum Gasteiger partial charge on any atom is 0.338 e. The van der Waals surface area contributed by atoms with E-state index in [-0.39, 0.29) is 22.5 Å². The van der Waals surface area contributed by atoms with Gasteiger partial charge in [0.15, 0.2) is 6.61 Å². The molecular weight excluding hydrogens is 434 g/mol. The van der Waals surface area contributed by atoms with Crippen molar-refractivity contribution in [3.05, 3.63) is 59.7 Å². The molecule has 3 rings (SSSR count). The number of rotatable bonds is 6. The number of fused-ring (bicyclic) bond motifs is 1. The number of carbonyl (C=O) groups excluding carboxylic acids is 3. The smallest absolute Gasteiger partial charge is 0.338 e. The molecule has 1 aliphatic rings. The second-order valence-electron chi connectivity index (χ2n) is 7.76. The minimum Gasteiger partial charge on any atom is -0.452 e. The summed E-state index contributed by atoms with van der Waals surface area (Å²) < 4.78 is 32.9. The summed E-state index contributed by atoms with van der Waals surface area (Å²) in [5.74, 6) is -1.68. The van der Waals surface area contributed by atoms with Crippen molar-refractivity contribution >= 4 is 33.6 Å². The van der Waals surface area contributed by atoms with Crippen LogP contribution in [0.3, 0.4) is 0 Å². The molecule has 1 aliphatic heterocycles. The summed E-state index contributed by atoms with van der Waals surface area (Å²) >= 11 is 0. The van der Waals surface area contributed by atoms with E-state index < -0.39 is 34.5 Å². The first-order chi connectivity index (χ1) is 15.1. The Kier molecular flexibility index (Phi) is 6.83. The summed E-state index contributed by atoms with van der Waals surface area (Å²) in [6, 6.07) is 11.6. The van der Waals surface area contributed by atoms with Crippen LogP contribution in [0.15, 0.2) is 53.4 Å². The van der Waals surface area contributed by atoms with E-state index >= 15 is 0 Å². The van der Waals surface area contributed by atoms with Crippen molar-refractivity contribution in [1.29, 1.82) is 0 Å². The molecular formula is C22H25N3O6S. The highest BCUT2D eigenvalue weighted by Crippen LogP contribution is 2.36. The maximum atomic E-state index is 13.3. The average molecular weight is 460 g/mol. The third-order valence-corrected chi connectivity index (χ3v) is 6.70. The minimum absolute atomic E-state index is 0.0226. The highest BCUT2D eigenvalue weighted by molar-refractivity contribution is 7.92. The Morgan fingerprint density at radius 3 is 2.56 bits per heavy atom. The van der Waals surface area contributed by atoms with Gasteiger partial charge in [0.25, 0.3) is 15.9 Å². The number of urea groups is 1. The van der Waals surface area contributed by atoms with Crippen LogP contribution < -0.4 is 14.9 Å². The van der Waals surface area contributed by atoms with Gasteiger partial charge in [-0.3, -0.25) is 14.4 Å². The molecule has 0 saturated carbocycles. The topological polar surface area (TPSA) is 122 Å². The molecule has 1 heterocycles. The Balaban J connectivity index is 1.72. The van der Waals surface area contributed by atoms with Crippen molar-refractivity contribution in [2.45, 2.75) is 44.2 Å². The van der Waals surface area contributed by atoms with Gasteiger partial charge in [0, 0.05) is 12.1 Å². The van der Waals surface area contributed by atoms with Crippen molar-refractivity contribution in [1.82, 2.24) is 10.6 Å². The number of amides is 3. The molecule has 10 heteroatoms. The van der Waals surface area contributed by atoms with Crippen LogP contribution in [-0.2, 0) is 26.0 Å². The second kappa shape index (κ2) is 9.39. The molecule has 32 heavy (non-hydrogen) atoms. The Labute approximate surface area is 186 Å². The van der Waals surface area contributed by atoms with Crippen LogP contribution in [-0.4, -0.2) is 45.0 Å². The van der Waals surface area contributed by atoms with E-state index in [0.29, 0.717) is 12.1 Å². The van der Waals surface area contributed by atoms with Crippen LogP contribution in [0, 0.1) is 0 Å². The van der Waals surface area contributed by atoms with Crippen molar-refractivity contribution in [3.8, 4) is 0 Å². The zero-order valence-corrected chi connectivity index (χ0v) is 18.8. The van der Waals surface area contributed by atoms with Gasteiger partial charge in [-0.2, -0.15) is 0 Å². The summed E-state index contributed by atoms with van der Waals surface area (Å²) in [6.07, 6.45) is 0.594. The second-order valence-corrected chi connectivity index (χ2v) is 9.58. The zero-order valence-electron chi connectivity index (χ0n) is 18.0. The summed E-state index contributed by atoms with van der Waals surface area (Å²) in [6.45, 7) is 4.60. The molecule has 2 aromatic rings. The number of hydrogen-bond donors (Lipinski definition) is 2. The van der Waals surface area contributed by atoms with Crippen LogP contribution in [0.1, 0.15) is 36.7 Å². The molecule has 1 atom stereocenters. The van der Waals surface area contributed by atoms with E-state index in [1.807, 2.05) is 24.4 Å². The molecule has 2 N–H and O–H groups in total. The van der Waals surface area contributed by atoms with E-state index in [4.69, 9.17) is 4.74 Å². The number of hydrogen-bond acceptors (Lipinski definition) is 6. The van der Waals surface area contributed by atoms with Gasteiger partial charge in [-0.05, 0) is 57.0 Å². The minimum atomic E-state index is -3.92. The molecule has 0 bridgehead atoms. The average Bonchev–Trinajstić information content (AvgIpc) is 3.07. The highest BCUT2D eigenvalue weighted by Gasteiger charge is 2.36. The van der Waals surface area contributed by atoms with E-state index in [9.17, 15) is 22.8 Å². The van der Waals surface area contributed by atoms with Gasteiger partial charge >= 0.3 is 12.0 Å². The third kappa shape index (κ3) is 5.08. The summed E-state index contributed by atoms with van der Waals surface area (Å²) in [4.78, 5) is 35.6. The first-order valence-corrected chi connectivity index (χ1v) is 11.5. The van der Waals surface area contributed by atoms with Crippen LogP contribution in [0.4, 0.5) is 10.5 Å². The number of nitrogens with zero attached hydrogens (tertiary/aromatic N) is 1. The summed E-state index contributed by atoms with van der Waals surface area (Å²) in [5.41, 5.74) is 1.53. The van der Waals surface area contributed by atoms with Crippen LogP contribution in [0.5, 0.6) is 0 Å². The lowest BCUT2D eigenvalue weighted by atomic mass is 10.1. The van der Waals surface area contributed by atoms with Gasteiger partial charge in [0.1, 0.15) is 0 Å². The van der Waals surface area contributed by atoms with E-state index in [1.165, 1.54) is 28.6 Å². The van der Waals surface area contributed by atoms with Crippen LogP contribution >= 0.6 is 0 Å². The lowest BCUT2D eigenvalue weighted by Gasteiger charge is -2.24. The zero-order chi connectivity index (χ0) is 23.5. The van der Waals surface area contributed by atoms with Gasteiger partial charge in [0.05, 0.1) is 16.1 Å². The number of benzene rings is 2. The lowest BCUT2D eigenvalue weighted by Crippen LogP contribution is -2.44. The lowest BCUT2D eigenvalue weighted by molar-refractivity contribution is -0.123. The SMILES string of the molecule is CC(C)NC(=O)NC(=O)COC(=O)c1cccc(S(=O)(=O)N2c3ccccc3C[C@@H]2C)c1. The normalized spacial score (nSPS) is 15.2.